The van der Waals surface area contributed by atoms with Gasteiger partial charge in [0.1, 0.15) is 4.83 Å². The van der Waals surface area contributed by atoms with Crippen LogP contribution in [-0.2, 0) is 17.8 Å². The third kappa shape index (κ3) is 4.44. The largest absolute Gasteiger partial charge is 0.388 e. The Kier molecular flexibility index (Phi) is 5.85. The van der Waals surface area contributed by atoms with Crippen LogP contribution in [0.25, 0.3) is 10.2 Å². The van der Waals surface area contributed by atoms with Crippen LogP contribution in [-0.4, -0.2) is 44.2 Å². The third-order valence-corrected chi connectivity index (χ3v) is 7.31. The molecule has 6 nitrogen and oxygen atoms in total. The zero-order chi connectivity index (χ0) is 20.4. The highest BCUT2D eigenvalue weighted by atomic mass is 79.9. The lowest BCUT2D eigenvalue weighted by Crippen LogP contribution is -2.49. The van der Waals surface area contributed by atoms with Crippen molar-refractivity contribution in [3.8, 4) is 0 Å². The van der Waals surface area contributed by atoms with Gasteiger partial charge in [0.05, 0.1) is 23.9 Å². The molecule has 0 spiro atoms. The summed E-state index contributed by atoms with van der Waals surface area (Å²) in [6, 6.07) is 9.97. The van der Waals surface area contributed by atoms with Crippen LogP contribution in [0.2, 0.25) is 0 Å². The minimum Gasteiger partial charge on any atom is -0.388 e. The minimum atomic E-state index is -1.02. The van der Waals surface area contributed by atoms with Crippen molar-refractivity contribution in [3.05, 3.63) is 62.4 Å². The second-order valence-corrected chi connectivity index (χ2v) is 9.24. The summed E-state index contributed by atoms with van der Waals surface area (Å²) in [5.41, 5.74) is -0.0214. The summed E-state index contributed by atoms with van der Waals surface area (Å²) >= 11 is 4.81. The van der Waals surface area contributed by atoms with Crippen molar-refractivity contribution in [1.82, 2.24) is 14.5 Å². The van der Waals surface area contributed by atoms with Gasteiger partial charge in [-0.05, 0) is 40.8 Å². The van der Waals surface area contributed by atoms with E-state index in [0.717, 1.165) is 16.5 Å². The molecule has 29 heavy (non-hydrogen) atoms. The molecule has 1 fully saturated rings. The number of aliphatic hydroxyl groups is 1. The Morgan fingerprint density at radius 2 is 1.97 bits per heavy atom. The molecule has 8 heteroatoms. The third-order valence-electron chi connectivity index (χ3n) is 5.50. The fourth-order valence-electron chi connectivity index (χ4n) is 3.75. The molecule has 1 aliphatic rings. The maximum atomic E-state index is 12.7. The number of halogens is 1. The number of fused-ring (bicyclic) bond motifs is 1. The molecule has 0 atom stereocenters. The first-order valence-corrected chi connectivity index (χ1v) is 11.3. The molecule has 0 unspecified atom stereocenters. The molecule has 0 saturated carbocycles. The SMILES string of the molecule is O=C(CCc1ccccc1)N1CCC(O)(Cn2cnc3scc(Br)c3c2=O)CC1. The molecule has 3 heterocycles. The van der Waals surface area contributed by atoms with Gasteiger partial charge in [-0.2, -0.15) is 0 Å². The average Bonchev–Trinajstić information content (AvgIpc) is 3.11. The number of carbonyl (C=O) groups excluding carboxylic acids is 1. The summed E-state index contributed by atoms with van der Waals surface area (Å²) in [5, 5.41) is 13.4. The predicted molar refractivity (Wildman–Crippen MR) is 117 cm³/mol. The van der Waals surface area contributed by atoms with E-state index in [0.29, 0.717) is 42.6 Å². The van der Waals surface area contributed by atoms with Crippen LogP contribution in [0.15, 0.2) is 51.3 Å². The zero-order valence-electron chi connectivity index (χ0n) is 15.9. The van der Waals surface area contributed by atoms with Crippen molar-refractivity contribution >= 4 is 43.4 Å². The number of benzene rings is 1. The molecule has 4 rings (SSSR count). The van der Waals surface area contributed by atoms with E-state index in [4.69, 9.17) is 0 Å². The first kappa shape index (κ1) is 20.3. The summed E-state index contributed by atoms with van der Waals surface area (Å²) < 4.78 is 2.21. The highest BCUT2D eigenvalue weighted by Crippen LogP contribution is 2.27. The van der Waals surface area contributed by atoms with E-state index in [2.05, 4.69) is 20.9 Å². The van der Waals surface area contributed by atoms with Crippen molar-refractivity contribution < 1.29 is 9.90 Å². The molecule has 3 aromatic rings. The van der Waals surface area contributed by atoms with Crippen LogP contribution in [0.3, 0.4) is 0 Å². The molecule has 1 N–H and O–H groups in total. The van der Waals surface area contributed by atoms with E-state index in [-0.39, 0.29) is 18.0 Å². The molecule has 0 bridgehead atoms. The van der Waals surface area contributed by atoms with Gasteiger partial charge in [-0.3, -0.25) is 14.2 Å². The number of hydrogen-bond acceptors (Lipinski definition) is 5. The minimum absolute atomic E-state index is 0.110. The van der Waals surface area contributed by atoms with E-state index >= 15 is 0 Å². The molecule has 152 valence electrons. The Labute approximate surface area is 180 Å². The first-order valence-electron chi connectivity index (χ1n) is 9.61. The van der Waals surface area contributed by atoms with Gasteiger partial charge in [0, 0.05) is 29.4 Å². The van der Waals surface area contributed by atoms with Crippen molar-refractivity contribution in [3.63, 3.8) is 0 Å². The van der Waals surface area contributed by atoms with E-state index in [1.54, 1.807) is 0 Å². The molecule has 1 amide bonds. The van der Waals surface area contributed by atoms with Crippen LogP contribution >= 0.6 is 27.3 Å². The lowest BCUT2D eigenvalue weighted by molar-refractivity contribution is -0.135. The van der Waals surface area contributed by atoms with Crippen molar-refractivity contribution in [2.24, 2.45) is 0 Å². The standard InChI is InChI=1S/C21H22BrN3O3S/c22-16-12-29-19-18(16)20(27)25(14-23-19)13-21(28)8-10-24(11-9-21)17(26)7-6-15-4-2-1-3-5-15/h1-5,12,14,28H,6-11,13H2. The normalized spacial score (nSPS) is 16.3. The van der Waals surface area contributed by atoms with Gasteiger partial charge in [0.15, 0.2) is 0 Å². The monoisotopic (exact) mass is 475 g/mol. The average molecular weight is 476 g/mol. The van der Waals surface area contributed by atoms with E-state index < -0.39 is 5.60 Å². The van der Waals surface area contributed by atoms with Gasteiger partial charge >= 0.3 is 0 Å². The maximum absolute atomic E-state index is 12.7. The van der Waals surface area contributed by atoms with Crippen LogP contribution in [0.1, 0.15) is 24.8 Å². The smallest absolute Gasteiger partial charge is 0.263 e. The summed E-state index contributed by atoms with van der Waals surface area (Å²) in [6.07, 6.45) is 3.58. The highest BCUT2D eigenvalue weighted by molar-refractivity contribution is 9.10. The summed E-state index contributed by atoms with van der Waals surface area (Å²) in [5.74, 6) is 0.110. The van der Waals surface area contributed by atoms with Gasteiger partial charge in [-0.25, -0.2) is 4.98 Å². The van der Waals surface area contributed by atoms with Crippen LogP contribution < -0.4 is 5.56 Å². The number of nitrogens with zero attached hydrogens (tertiary/aromatic N) is 3. The van der Waals surface area contributed by atoms with Crippen molar-refractivity contribution in [2.45, 2.75) is 37.8 Å². The fraction of sp³-hybridized carbons (Fsp3) is 0.381. The van der Waals surface area contributed by atoms with E-state index in [1.807, 2.05) is 40.6 Å². The lowest BCUT2D eigenvalue weighted by Gasteiger charge is -2.38. The Morgan fingerprint density at radius 1 is 1.24 bits per heavy atom. The number of thiophene rings is 1. The number of likely N-dealkylation sites (tertiary alicyclic amines) is 1. The van der Waals surface area contributed by atoms with Gasteiger partial charge in [0.25, 0.3) is 5.56 Å². The van der Waals surface area contributed by atoms with Gasteiger partial charge in [-0.15, -0.1) is 11.3 Å². The number of hydrogen-bond donors (Lipinski definition) is 1. The molecule has 1 saturated heterocycles. The van der Waals surface area contributed by atoms with Crippen LogP contribution in [0.4, 0.5) is 0 Å². The Morgan fingerprint density at radius 3 is 2.69 bits per heavy atom. The molecule has 2 aromatic heterocycles. The zero-order valence-corrected chi connectivity index (χ0v) is 18.3. The Hall–Kier alpha value is -2.03. The van der Waals surface area contributed by atoms with Gasteiger partial charge in [0.2, 0.25) is 5.91 Å². The molecule has 0 aliphatic carbocycles. The Bertz CT molecular complexity index is 1070. The quantitative estimate of drug-likeness (QED) is 0.614. The molecular weight excluding hydrogens is 454 g/mol. The van der Waals surface area contributed by atoms with Crippen molar-refractivity contribution in [2.75, 3.05) is 13.1 Å². The topological polar surface area (TPSA) is 75.4 Å². The highest BCUT2D eigenvalue weighted by Gasteiger charge is 2.34. The number of carbonyl (C=O) groups is 1. The first-order chi connectivity index (χ1) is 14.0. The number of rotatable bonds is 5. The summed E-state index contributed by atoms with van der Waals surface area (Å²) in [4.78, 5) is 32.1. The van der Waals surface area contributed by atoms with Crippen LogP contribution in [0.5, 0.6) is 0 Å². The molecular formula is C21H22BrN3O3S. The summed E-state index contributed by atoms with van der Waals surface area (Å²) in [7, 11) is 0. The number of amides is 1. The summed E-state index contributed by atoms with van der Waals surface area (Å²) in [6.45, 7) is 1.18. The fourth-order valence-corrected chi connectivity index (χ4v) is 5.27. The molecule has 0 radical (unpaired) electrons. The molecule has 1 aliphatic heterocycles. The van der Waals surface area contributed by atoms with Gasteiger partial charge in [-0.1, -0.05) is 30.3 Å². The van der Waals surface area contributed by atoms with Crippen molar-refractivity contribution in [1.29, 1.82) is 0 Å². The second-order valence-electron chi connectivity index (χ2n) is 7.53. The number of aryl methyl sites for hydroxylation is 1. The lowest BCUT2D eigenvalue weighted by atomic mass is 9.91. The van der Waals surface area contributed by atoms with E-state index in [9.17, 15) is 14.7 Å². The maximum Gasteiger partial charge on any atom is 0.263 e. The van der Waals surface area contributed by atoms with Crippen LogP contribution in [0, 0.1) is 0 Å². The van der Waals surface area contributed by atoms with Gasteiger partial charge < -0.3 is 10.0 Å². The Balaban J connectivity index is 1.37. The molecule has 1 aromatic carbocycles. The second kappa shape index (κ2) is 8.38. The van der Waals surface area contributed by atoms with E-state index in [1.165, 1.54) is 22.2 Å². The predicted octanol–water partition coefficient (Wildman–Crippen LogP) is 3.21. The number of aromatic nitrogens is 2. The number of piperidine rings is 1.